The zero-order valence-corrected chi connectivity index (χ0v) is 10.8. The van der Waals surface area contributed by atoms with Crippen LogP contribution in [0.25, 0.3) is 0 Å². The highest BCUT2D eigenvalue weighted by molar-refractivity contribution is 9.26. The van der Waals surface area contributed by atoms with Crippen molar-refractivity contribution in [1.82, 2.24) is 0 Å². The lowest BCUT2D eigenvalue weighted by Gasteiger charge is -2.34. The zero-order valence-electron chi connectivity index (χ0n) is 8.20. The fraction of sp³-hybridized carbons (Fsp3) is 1.00. The minimum absolute atomic E-state index is 0.322. The van der Waals surface area contributed by atoms with Crippen LogP contribution in [0.5, 0.6) is 0 Å². The second-order valence-electron chi connectivity index (χ2n) is 3.99. The summed E-state index contributed by atoms with van der Waals surface area (Å²) in [6.07, 6.45) is 0. The summed E-state index contributed by atoms with van der Waals surface area (Å²) in [6, 6.07) is 0. The number of rotatable bonds is 4. The summed E-state index contributed by atoms with van der Waals surface area (Å²) in [5, 5.41) is 0.322. The normalized spacial score (nSPS) is 13.6. The van der Waals surface area contributed by atoms with E-state index in [4.69, 9.17) is 4.74 Å². The first kappa shape index (κ1) is 11.7. The molecule has 0 aromatic carbocycles. The van der Waals surface area contributed by atoms with Gasteiger partial charge in [0.15, 0.2) is 0 Å². The van der Waals surface area contributed by atoms with E-state index in [0.717, 1.165) is 13.2 Å². The van der Waals surface area contributed by atoms with Gasteiger partial charge in [0.05, 0.1) is 6.61 Å². The van der Waals surface area contributed by atoms with Gasteiger partial charge in [0, 0.05) is 6.61 Å². The molecule has 0 radical (unpaired) electrons. The van der Waals surface area contributed by atoms with Crippen LogP contribution >= 0.6 is 15.3 Å². The lowest BCUT2D eigenvalue weighted by Crippen LogP contribution is -2.35. The van der Waals surface area contributed by atoms with Crippen LogP contribution in [0, 0.1) is 0 Å². The van der Waals surface area contributed by atoms with Crippen molar-refractivity contribution in [2.24, 2.45) is 0 Å². The molecule has 0 saturated carbocycles. The quantitative estimate of drug-likeness (QED) is 0.539. The van der Waals surface area contributed by atoms with Gasteiger partial charge in [-0.25, -0.2) is 0 Å². The molecule has 0 heterocycles. The molecule has 0 aromatic rings. The maximum absolute atomic E-state index is 5.43. The molecule has 0 amide bonds. The van der Waals surface area contributed by atoms with Crippen LogP contribution < -0.4 is 0 Å². The Morgan fingerprint density at radius 3 is 2.09 bits per heavy atom. The Bertz CT molecular complexity index is 118. The summed E-state index contributed by atoms with van der Waals surface area (Å²) in [6.45, 7) is 11.7. The van der Waals surface area contributed by atoms with E-state index >= 15 is 0 Å². The van der Waals surface area contributed by atoms with Gasteiger partial charge in [0.2, 0.25) is 0 Å². The van der Waals surface area contributed by atoms with E-state index < -0.39 is 6.69 Å². The minimum Gasteiger partial charge on any atom is -0.381 e. The highest BCUT2D eigenvalue weighted by atomic mass is 79.9. The van der Waals surface area contributed by atoms with Crippen molar-refractivity contribution in [2.45, 2.75) is 38.9 Å². The lowest BCUT2D eigenvalue weighted by molar-refractivity contribution is 0.125. The zero-order chi connectivity index (χ0) is 9.12. The Morgan fingerprint density at radius 2 is 1.82 bits per heavy atom. The fourth-order valence-corrected chi connectivity index (χ4v) is 1.32. The van der Waals surface area contributed by atoms with Gasteiger partial charge >= 0.3 is 0 Å². The smallest absolute Gasteiger partial charge is 0.132 e. The lowest BCUT2D eigenvalue weighted by atomic mass is 10.2. The standard InChI is InChI=1S/C8H19BrOSi/c1-6-10-7-8(2,3)11(4,5)9/h6-7H2,1-5H3. The molecule has 0 bridgehead atoms. The van der Waals surface area contributed by atoms with Crippen LogP contribution in [-0.2, 0) is 4.74 Å². The molecule has 0 saturated heterocycles. The van der Waals surface area contributed by atoms with Crippen molar-refractivity contribution in [2.75, 3.05) is 13.2 Å². The molecule has 0 aliphatic rings. The molecule has 0 aliphatic carbocycles. The number of hydrogen-bond acceptors (Lipinski definition) is 1. The van der Waals surface area contributed by atoms with Crippen LogP contribution in [0.1, 0.15) is 20.8 Å². The van der Waals surface area contributed by atoms with E-state index in [2.05, 4.69) is 42.2 Å². The summed E-state index contributed by atoms with van der Waals surface area (Å²) in [5.74, 6) is 0. The van der Waals surface area contributed by atoms with E-state index in [1.807, 2.05) is 6.92 Å². The van der Waals surface area contributed by atoms with Crippen LogP contribution in [0.2, 0.25) is 18.1 Å². The first-order chi connectivity index (χ1) is 4.81. The Balaban J connectivity index is 4.00. The second kappa shape index (κ2) is 4.05. The van der Waals surface area contributed by atoms with Crippen LogP contribution in [0.4, 0.5) is 0 Å². The van der Waals surface area contributed by atoms with Gasteiger partial charge in [-0.05, 0) is 12.0 Å². The second-order valence-corrected chi connectivity index (χ2v) is 14.2. The summed E-state index contributed by atoms with van der Waals surface area (Å²) in [4.78, 5) is 0. The van der Waals surface area contributed by atoms with Gasteiger partial charge in [-0.2, -0.15) is 0 Å². The van der Waals surface area contributed by atoms with Gasteiger partial charge in [-0.15, -0.1) is 15.3 Å². The molecule has 0 fully saturated rings. The molecular weight excluding hydrogens is 220 g/mol. The molecule has 0 aliphatic heterocycles. The molecule has 3 heteroatoms. The fourth-order valence-electron chi connectivity index (χ4n) is 0.529. The largest absolute Gasteiger partial charge is 0.381 e. The maximum Gasteiger partial charge on any atom is 0.132 e. The van der Waals surface area contributed by atoms with Crippen molar-refractivity contribution in [3.63, 3.8) is 0 Å². The Labute approximate surface area is 79.1 Å². The molecule has 68 valence electrons. The van der Waals surface area contributed by atoms with Gasteiger partial charge in [0.1, 0.15) is 6.69 Å². The monoisotopic (exact) mass is 238 g/mol. The summed E-state index contributed by atoms with van der Waals surface area (Å²) in [7, 11) is 0. The molecule has 11 heavy (non-hydrogen) atoms. The van der Waals surface area contributed by atoms with Crippen molar-refractivity contribution in [3.8, 4) is 0 Å². The average molecular weight is 239 g/mol. The predicted octanol–water partition coefficient (Wildman–Crippen LogP) is 3.40. The van der Waals surface area contributed by atoms with Gasteiger partial charge in [-0.1, -0.05) is 26.9 Å². The van der Waals surface area contributed by atoms with E-state index in [0.29, 0.717) is 5.04 Å². The van der Waals surface area contributed by atoms with Crippen molar-refractivity contribution < 1.29 is 4.74 Å². The molecule has 0 spiro atoms. The van der Waals surface area contributed by atoms with Crippen LogP contribution in [-0.4, -0.2) is 19.9 Å². The molecule has 0 N–H and O–H groups in total. The van der Waals surface area contributed by atoms with Crippen molar-refractivity contribution in [3.05, 3.63) is 0 Å². The summed E-state index contributed by atoms with van der Waals surface area (Å²) < 4.78 is 5.43. The predicted molar refractivity (Wildman–Crippen MR) is 56.9 cm³/mol. The average Bonchev–Trinajstić information content (AvgIpc) is 1.81. The van der Waals surface area contributed by atoms with E-state index in [9.17, 15) is 0 Å². The third-order valence-corrected chi connectivity index (χ3v) is 8.86. The van der Waals surface area contributed by atoms with E-state index in [-0.39, 0.29) is 0 Å². The Kier molecular flexibility index (Phi) is 4.30. The Morgan fingerprint density at radius 1 is 1.36 bits per heavy atom. The third kappa shape index (κ3) is 3.72. The van der Waals surface area contributed by atoms with E-state index in [1.165, 1.54) is 0 Å². The maximum atomic E-state index is 5.43. The first-order valence-electron chi connectivity index (χ1n) is 4.08. The topological polar surface area (TPSA) is 9.23 Å². The first-order valence-corrected chi connectivity index (χ1v) is 9.33. The molecular formula is C8H19BrOSi. The Hall–Kier alpha value is 0.657. The highest BCUT2D eigenvalue weighted by Crippen LogP contribution is 2.40. The van der Waals surface area contributed by atoms with E-state index in [1.54, 1.807) is 0 Å². The van der Waals surface area contributed by atoms with Crippen molar-refractivity contribution in [1.29, 1.82) is 0 Å². The number of halogens is 1. The summed E-state index contributed by atoms with van der Waals surface area (Å²) in [5.41, 5.74) is 0. The molecule has 0 aromatic heterocycles. The minimum atomic E-state index is -1.23. The molecule has 0 atom stereocenters. The SMILES string of the molecule is CCOCC(C)(C)[Si](C)(C)Br. The number of hydrogen-bond donors (Lipinski definition) is 0. The molecule has 1 nitrogen and oxygen atoms in total. The molecule has 0 rings (SSSR count). The van der Waals surface area contributed by atoms with Crippen molar-refractivity contribution >= 4 is 22.0 Å². The van der Waals surface area contributed by atoms with Crippen LogP contribution in [0.15, 0.2) is 0 Å². The summed E-state index contributed by atoms with van der Waals surface area (Å²) >= 11 is 3.79. The van der Waals surface area contributed by atoms with Gasteiger partial charge < -0.3 is 4.74 Å². The molecule has 0 unspecified atom stereocenters. The number of ether oxygens (including phenoxy) is 1. The highest BCUT2D eigenvalue weighted by Gasteiger charge is 2.36. The van der Waals surface area contributed by atoms with Gasteiger partial charge in [0.25, 0.3) is 0 Å². The van der Waals surface area contributed by atoms with Crippen LogP contribution in [0.3, 0.4) is 0 Å². The third-order valence-electron chi connectivity index (χ3n) is 2.28. The van der Waals surface area contributed by atoms with Gasteiger partial charge in [-0.3, -0.25) is 0 Å².